The SMILES string of the molecule is COc1ccc(C(=O)c2sc3nc4c(cc3c2N)CCCC4)cc1. The molecule has 4 nitrogen and oxygen atoms in total. The van der Waals surface area contributed by atoms with Crippen LogP contribution in [0.15, 0.2) is 30.3 Å². The molecule has 1 aliphatic carbocycles. The summed E-state index contributed by atoms with van der Waals surface area (Å²) < 4.78 is 5.14. The lowest BCUT2D eigenvalue weighted by Gasteiger charge is -2.14. The highest BCUT2D eigenvalue weighted by Gasteiger charge is 2.21. The molecule has 1 aliphatic rings. The lowest BCUT2D eigenvalue weighted by molar-refractivity contribution is 0.104. The van der Waals surface area contributed by atoms with Gasteiger partial charge in [-0.25, -0.2) is 4.98 Å². The van der Waals surface area contributed by atoms with E-state index in [1.54, 1.807) is 31.4 Å². The number of ketones is 1. The first-order valence-corrected chi connectivity index (χ1v) is 8.88. The van der Waals surface area contributed by atoms with E-state index in [4.69, 9.17) is 15.5 Å². The molecule has 0 saturated heterocycles. The number of carbonyl (C=O) groups excluding carboxylic acids is 1. The van der Waals surface area contributed by atoms with Crippen molar-refractivity contribution in [1.29, 1.82) is 0 Å². The van der Waals surface area contributed by atoms with E-state index in [-0.39, 0.29) is 5.78 Å². The normalized spacial score (nSPS) is 13.7. The number of nitrogens with two attached hydrogens (primary N) is 1. The fourth-order valence-electron chi connectivity index (χ4n) is 3.20. The van der Waals surface area contributed by atoms with E-state index in [0.29, 0.717) is 16.1 Å². The second-order valence-electron chi connectivity index (χ2n) is 6.06. The number of nitrogens with zero attached hydrogens (tertiary/aromatic N) is 1. The number of carbonyl (C=O) groups is 1. The van der Waals surface area contributed by atoms with Crippen LogP contribution in [0.4, 0.5) is 5.69 Å². The van der Waals surface area contributed by atoms with E-state index < -0.39 is 0 Å². The largest absolute Gasteiger partial charge is 0.497 e. The molecule has 0 amide bonds. The van der Waals surface area contributed by atoms with Crippen LogP contribution in [0.5, 0.6) is 5.75 Å². The van der Waals surface area contributed by atoms with Gasteiger partial charge in [-0.1, -0.05) is 0 Å². The molecule has 0 spiro atoms. The highest BCUT2D eigenvalue weighted by molar-refractivity contribution is 7.21. The molecule has 0 saturated carbocycles. The van der Waals surface area contributed by atoms with Gasteiger partial charge in [0.15, 0.2) is 0 Å². The summed E-state index contributed by atoms with van der Waals surface area (Å²) in [6, 6.07) is 9.24. The molecule has 0 radical (unpaired) electrons. The van der Waals surface area contributed by atoms with Gasteiger partial charge in [0.1, 0.15) is 15.5 Å². The number of benzene rings is 1. The van der Waals surface area contributed by atoms with Crippen molar-refractivity contribution in [2.45, 2.75) is 25.7 Å². The predicted molar refractivity (Wildman–Crippen MR) is 97.1 cm³/mol. The summed E-state index contributed by atoms with van der Waals surface area (Å²) in [5.74, 6) is 0.668. The maximum Gasteiger partial charge on any atom is 0.205 e. The molecule has 0 atom stereocenters. The Morgan fingerprint density at radius 2 is 1.96 bits per heavy atom. The van der Waals surface area contributed by atoms with E-state index in [0.717, 1.165) is 28.8 Å². The van der Waals surface area contributed by atoms with E-state index in [1.807, 2.05) is 0 Å². The van der Waals surface area contributed by atoms with Crippen molar-refractivity contribution in [2.75, 3.05) is 12.8 Å². The molecule has 1 aromatic carbocycles. The number of aromatic nitrogens is 1. The first kappa shape index (κ1) is 15.1. The van der Waals surface area contributed by atoms with Crippen LogP contribution in [0.25, 0.3) is 10.2 Å². The third kappa shape index (κ3) is 2.45. The molecular formula is C19H18N2O2S. The number of methoxy groups -OCH3 is 1. The third-order valence-electron chi connectivity index (χ3n) is 4.56. The van der Waals surface area contributed by atoms with Gasteiger partial charge in [-0.2, -0.15) is 0 Å². The summed E-state index contributed by atoms with van der Waals surface area (Å²) in [6.45, 7) is 0. The number of hydrogen-bond donors (Lipinski definition) is 1. The topological polar surface area (TPSA) is 65.2 Å². The molecule has 2 aromatic heterocycles. The van der Waals surface area contributed by atoms with Crippen molar-refractivity contribution in [1.82, 2.24) is 4.98 Å². The average molecular weight is 338 g/mol. The van der Waals surface area contributed by atoms with Crippen LogP contribution in [0, 0.1) is 0 Å². The maximum atomic E-state index is 12.8. The van der Waals surface area contributed by atoms with Gasteiger partial charge in [-0.05, 0) is 61.6 Å². The molecule has 0 fully saturated rings. The van der Waals surface area contributed by atoms with Crippen LogP contribution < -0.4 is 10.5 Å². The fraction of sp³-hybridized carbons (Fsp3) is 0.263. The molecular weight excluding hydrogens is 320 g/mol. The molecule has 2 N–H and O–H groups in total. The zero-order chi connectivity index (χ0) is 16.7. The number of pyridine rings is 1. The van der Waals surface area contributed by atoms with Gasteiger partial charge in [-0.3, -0.25) is 4.79 Å². The summed E-state index contributed by atoms with van der Waals surface area (Å²) in [7, 11) is 1.61. The lowest BCUT2D eigenvalue weighted by atomic mass is 9.95. The molecule has 122 valence electrons. The minimum atomic E-state index is -0.0591. The molecule has 0 unspecified atom stereocenters. The smallest absolute Gasteiger partial charge is 0.205 e. The standard InChI is InChI=1S/C19H18N2O2S/c1-23-13-8-6-11(7-9-13)17(22)18-16(20)14-10-12-4-2-3-5-15(12)21-19(14)24-18/h6-10H,2-5,20H2,1H3. The summed E-state index contributed by atoms with van der Waals surface area (Å²) in [6.07, 6.45) is 4.45. The van der Waals surface area contributed by atoms with Crippen molar-refractivity contribution in [3.05, 3.63) is 52.0 Å². The van der Waals surface area contributed by atoms with Gasteiger partial charge in [0, 0.05) is 16.6 Å². The van der Waals surface area contributed by atoms with Crippen molar-refractivity contribution in [3.8, 4) is 5.75 Å². The average Bonchev–Trinajstić information content (AvgIpc) is 2.95. The zero-order valence-electron chi connectivity index (χ0n) is 13.5. The molecule has 2 heterocycles. The Morgan fingerprint density at radius 1 is 1.21 bits per heavy atom. The summed E-state index contributed by atoms with van der Waals surface area (Å²) in [4.78, 5) is 19.0. The number of ether oxygens (including phenoxy) is 1. The second kappa shape index (κ2) is 5.91. The number of nitrogen functional groups attached to an aromatic ring is 1. The zero-order valence-corrected chi connectivity index (χ0v) is 14.3. The monoisotopic (exact) mass is 338 g/mol. The van der Waals surface area contributed by atoms with Crippen molar-refractivity contribution < 1.29 is 9.53 Å². The Labute approximate surface area is 144 Å². The summed E-state index contributed by atoms with van der Waals surface area (Å²) in [5, 5.41) is 0.914. The molecule has 3 aromatic rings. The Morgan fingerprint density at radius 3 is 2.71 bits per heavy atom. The van der Waals surface area contributed by atoms with Crippen LogP contribution >= 0.6 is 11.3 Å². The highest BCUT2D eigenvalue weighted by atomic mass is 32.1. The predicted octanol–water partition coefficient (Wildman–Crippen LogP) is 4.00. The first-order chi connectivity index (χ1) is 11.7. The van der Waals surface area contributed by atoms with Gasteiger partial charge >= 0.3 is 0 Å². The van der Waals surface area contributed by atoms with Gasteiger partial charge in [-0.15, -0.1) is 11.3 Å². The van der Waals surface area contributed by atoms with E-state index in [2.05, 4.69) is 6.07 Å². The highest BCUT2D eigenvalue weighted by Crippen LogP contribution is 2.36. The number of thiophene rings is 1. The minimum absolute atomic E-state index is 0.0591. The third-order valence-corrected chi connectivity index (χ3v) is 5.67. The van der Waals surface area contributed by atoms with E-state index in [1.165, 1.54) is 35.4 Å². The van der Waals surface area contributed by atoms with Crippen molar-refractivity contribution in [3.63, 3.8) is 0 Å². The van der Waals surface area contributed by atoms with Gasteiger partial charge in [0.25, 0.3) is 0 Å². The second-order valence-corrected chi connectivity index (χ2v) is 7.06. The Balaban J connectivity index is 1.78. The number of anilines is 1. The number of aryl methyl sites for hydroxylation is 2. The van der Waals surface area contributed by atoms with Crippen LogP contribution in [0.1, 0.15) is 39.3 Å². The number of hydrogen-bond acceptors (Lipinski definition) is 5. The van der Waals surface area contributed by atoms with Crippen LogP contribution in [0.2, 0.25) is 0 Å². The molecule has 0 bridgehead atoms. The van der Waals surface area contributed by atoms with Gasteiger partial charge in [0.2, 0.25) is 5.78 Å². The summed E-state index contributed by atoms with van der Waals surface area (Å²) >= 11 is 1.39. The van der Waals surface area contributed by atoms with E-state index >= 15 is 0 Å². The van der Waals surface area contributed by atoms with Crippen molar-refractivity contribution >= 4 is 33.0 Å². The van der Waals surface area contributed by atoms with Crippen LogP contribution in [-0.2, 0) is 12.8 Å². The fourth-order valence-corrected chi connectivity index (χ4v) is 4.26. The lowest BCUT2D eigenvalue weighted by Crippen LogP contribution is -2.05. The molecule has 24 heavy (non-hydrogen) atoms. The molecule has 0 aliphatic heterocycles. The molecule has 4 rings (SSSR count). The Kier molecular flexibility index (Phi) is 3.73. The van der Waals surface area contributed by atoms with Crippen LogP contribution in [-0.4, -0.2) is 17.9 Å². The van der Waals surface area contributed by atoms with E-state index in [9.17, 15) is 4.79 Å². The van der Waals surface area contributed by atoms with Crippen LogP contribution in [0.3, 0.4) is 0 Å². The first-order valence-electron chi connectivity index (χ1n) is 8.07. The Hall–Kier alpha value is -2.40. The number of rotatable bonds is 3. The molecule has 5 heteroatoms. The van der Waals surface area contributed by atoms with Crippen molar-refractivity contribution in [2.24, 2.45) is 0 Å². The number of fused-ring (bicyclic) bond motifs is 2. The Bertz CT molecular complexity index is 929. The minimum Gasteiger partial charge on any atom is -0.497 e. The summed E-state index contributed by atoms with van der Waals surface area (Å²) in [5.41, 5.74) is 9.90. The van der Waals surface area contributed by atoms with Gasteiger partial charge < -0.3 is 10.5 Å². The van der Waals surface area contributed by atoms with Gasteiger partial charge in [0.05, 0.1) is 12.8 Å². The quantitative estimate of drug-likeness (QED) is 0.733. The maximum absolute atomic E-state index is 12.8.